The van der Waals surface area contributed by atoms with Gasteiger partial charge in [0, 0.05) is 27.7 Å². The molecule has 110 valence electrons. The molecule has 0 heterocycles. The second-order valence-electron chi connectivity index (χ2n) is 4.74. The molecule has 0 spiro atoms. The molecule has 0 saturated carbocycles. The number of rotatable bonds is 4. The van der Waals surface area contributed by atoms with E-state index in [0.29, 0.717) is 6.54 Å². The van der Waals surface area contributed by atoms with E-state index in [0.717, 1.165) is 12.2 Å². The maximum absolute atomic E-state index is 7.88. The summed E-state index contributed by atoms with van der Waals surface area (Å²) in [6.07, 6.45) is 0.833. The van der Waals surface area contributed by atoms with Gasteiger partial charge in [0.2, 0.25) is 0 Å². The van der Waals surface area contributed by atoms with Gasteiger partial charge in [0.05, 0.1) is 7.11 Å². The van der Waals surface area contributed by atoms with Crippen LogP contribution in [0, 0.1) is 10.8 Å². The lowest BCUT2D eigenvalue weighted by Crippen LogP contribution is -2.46. The van der Waals surface area contributed by atoms with Crippen LogP contribution in [0.25, 0.3) is 0 Å². The summed E-state index contributed by atoms with van der Waals surface area (Å²) < 4.78 is 5.12. The Bertz CT molecular complexity index is 455. The predicted octanol–water partition coefficient (Wildman–Crippen LogP) is 1.19. The zero-order chi connectivity index (χ0) is 15.1. The number of guanidine groups is 2. The summed E-state index contributed by atoms with van der Waals surface area (Å²) in [5.74, 6) is 1.26. The van der Waals surface area contributed by atoms with Crippen molar-refractivity contribution < 1.29 is 4.74 Å². The van der Waals surface area contributed by atoms with Crippen LogP contribution in [0.4, 0.5) is 0 Å². The van der Waals surface area contributed by atoms with Gasteiger partial charge in [0.15, 0.2) is 11.9 Å². The molecule has 0 saturated heterocycles. The number of methoxy groups -OCH3 is 1. The molecule has 1 aromatic carbocycles. The molecule has 20 heavy (non-hydrogen) atoms. The lowest BCUT2D eigenvalue weighted by atomic mass is 10.1. The highest BCUT2D eigenvalue weighted by molar-refractivity contribution is 5.95. The molecule has 0 aliphatic heterocycles. The molecule has 0 fully saturated rings. The highest BCUT2D eigenvalue weighted by Crippen LogP contribution is 2.11. The average molecular weight is 277 g/mol. The van der Waals surface area contributed by atoms with Crippen molar-refractivity contribution in [2.45, 2.75) is 6.42 Å². The fraction of sp³-hybridized carbons (Fsp3) is 0.429. The molecule has 1 rings (SSSR count). The average Bonchev–Trinajstić information content (AvgIpc) is 2.44. The number of nitrogens with zero attached hydrogens (tertiary/aromatic N) is 2. The van der Waals surface area contributed by atoms with Crippen molar-refractivity contribution in [3.05, 3.63) is 29.8 Å². The first-order valence-corrected chi connectivity index (χ1v) is 6.39. The van der Waals surface area contributed by atoms with E-state index >= 15 is 0 Å². The van der Waals surface area contributed by atoms with Gasteiger partial charge in [-0.1, -0.05) is 12.1 Å². The molecular formula is C14H23N5O. The fourth-order valence-corrected chi connectivity index (χ4v) is 1.52. The number of ether oxygens (including phenoxy) is 1. The van der Waals surface area contributed by atoms with Crippen molar-refractivity contribution in [3.63, 3.8) is 0 Å². The topological polar surface area (TPSA) is 75.4 Å². The molecule has 6 heteroatoms. The third-order valence-corrected chi connectivity index (χ3v) is 2.96. The third kappa shape index (κ3) is 4.79. The number of nitrogens with one attached hydrogen (secondary N) is 3. The number of benzene rings is 1. The Morgan fingerprint density at radius 1 is 1.10 bits per heavy atom. The first-order chi connectivity index (χ1) is 9.43. The van der Waals surface area contributed by atoms with Gasteiger partial charge in [-0.25, -0.2) is 0 Å². The van der Waals surface area contributed by atoms with Gasteiger partial charge in [0.25, 0.3) is 0 Å². The van der Waals surface area contributed by atoms with E-state index in [4.69, 9.17) is 15.6 Å². The Labute approximate surface area is 120 Å². The summed E-state index contributed by atoms with van der Waals surface area (Å²) in [6.45, 7) is 0.707. The summed E-state index contributed by atoms with van der Waals surface area (Å²) in [5.41, 5.74) is 1.19. The van der Waals surface area contributed by atoms with Crippen molar-refractivity contribution in [1.29, 1.82) is 10.8 Å². The minimum Gasteiger partial charge on any atom is -0.497 e. The first-order valence-electron chi connectivity index (χ1n) is 6.39. The van der Waals surface area contributed by atoms with Crippen molar-refractivity contribution in [2.24, 2.45) is 0 Å². The lowest BCUT2D eigenvalue weighted by Gasteiger charge is -2.23. The highest BCUT2D eigenvalue weighted by atomic mass is 16.5. The minimum atomic E-state index is 0.200. The van der Waals surface area contributed by atoms with E-state index in [-0.39, 0.29) is 11.9 Å². The van der Waals surface area contributed by atoms with Crippen LogP contribution in [0.3, 0.4) is 0 Å². The van der Waals surface area contributed by atoms with Crippen LogP contribution < -0.4 is 10.1 Å². The van der Waals surface area contributed by atoms with Gasteiger partial charge in [-0.05, 0) is 24.1 Å². The van der Waals surface area contributed by atoms with Crippen molar-refractivity contribution in [2.75, 3.05) is 34.8 Å². The molecule has 0 atom stereocenters. The van der Waals surface area contributed by atoms with Crippen LogP contribution in [0.1, 0.15) is 5.56 Å². The second kappa shape index (κ2) is 7.37. The summed E-state index contributed by atoms with van der Waals surface area (Å²) in [5, 5.41) is 18.2. The smallest absolute Gasteiger partial charge is 0.197 e. The van der Waals surface area contributed by atoms with Gasteiger partial charge >= 0.3 is 0 Å². The number of hydrogen-bond acceptors (Lipinski definition) is 3. The van der Waals surface area contributed by atoms with Crippen molar-refractivity contribution in [3.8, 4) is 5.75 Å². The molecule has 0 amide bonds. The van der Waals surface area contributed by atoms with E-state index in [1.165, 1.54) is 5.56 Å². The SMILES string of the molecule is COc1ccc(CCN(C)C(=N)NC(=N)N(C)C)cc1. The van der Waals surface area contributed by atoms with E-state index in [2.05, 4.69) is 5.32 Å². The molecule has 1 aromatic rings. The Morgan fingerprint density at radius 3 is 2.20 bits per heavy atom. The lowest BCUT2D eigenvalue weighted by molar-refractivity contribution is 0.414. The number of likely N-dealkylation sites (N-methyl/N-ethyl adjacent to an activating group) is 1. The van der Waals surface area contributed by atoms with Crippen LogP contribution in [0.15, 0.2) is 24.3 Å². The first kappa shape index (κ1) is 15.8. The maximum Gasteiger partial charge on any atom is 0.197 e. The molecular weight excluding hydrogens is 254 g/mol. The summed E-state index contributed by atoms with van der Waals surface area (Å²) >= 11 is 0. The quantitative estimate of drug-likeness (QED) is 0.571. The minimum absolute atomic E-state index is 0.200. The molecule has 0 radical (unpaired) electrons. The Balaban J connectivity index is 2.43. The summed E-state index contributed by atoms with van der Waals surface area (Å²) in [7, 11) is 7.01. The highest BCUT2D eigenvalue weighted by Gasteiger charge is 2.07. The van der Waals surface area contributed by atoms with Crippen molar-refractivity contribution >= 4 is 11.9 Å². The summed E-state index contributed by atoms with van der Waals surface area (Å²) in [4.78, 5) is 3.40. The van der Waals surface area contributed by atoms with E-state index < -0.39 is 0 Å². The van der Waals surface area contributed by atoms with Crippen molar-refractivity contribution in [1.82, 2.24) is 15.1 Å². The van der Waals surface area contributed by atoms with E-state index in [9.17, 15) is 0 Å². The molecule has 0 aliphatic carbocycles. The largest absolute Gasteiger partial charge is 0.497 e. The fourth-order valence-electron chi connectivity index (χ4n) is 1.52. The van der Waals surface area contributed by atoms with E-state index in [1.54, 1.807) is 31.0 Å². The predicted molar refractivity (Wildman–Crippen MR) is 81.6 cm³/mol. The second-order valence-corrected chi connectivity index (χ2v) is 4.74. The maximum atomic E-state index is 7.88. The van der Waals surface area contributed by atoms with Crippen LogP contribution in [-0.4, -0.2) is 56.5 Å². The van der Waals surface area contributed by atoms with Gasteiger partial charge in [-0.15, -0.1) is 0 Å². The third-order valence-electron chi connectivity index (χ3n) is 2.96. The summed E-state index contributed by atoms with van der Waals surface area (Å²) in [6, 6.07) is 7.90. The Kier molecular flexibility index (Phi) is 5.83. The van der Waals surface area contributed by atoms with Gasteiger partial charge in [0.1, 0.15) is 5.75 Å². The van der Waals surface area contributed by atoms with E-state index in [1.807, 2.05) is 31.3 Å². The number of hydrogen-bond donors (Lipinski definition) is 3. The molecule has 0 unspecified atom stereocenters. The van der Waals surface area contributed by atoms with Gasteiger partial charge in [-0.3, -0.25) is 16.1 Å². The van der Waals surface area contributed by atoms with Crippen LogP contribution in [0.2, 0.25) is 0 Å². The molecule has 0 aliphatic rings. The van der Waals surface area contributed by atoms with Gasteiger partial charge < -0.3 is 14.5 Å². The normalized spacial score (nSPS) is 9.80. The monoisotopic (exact) mass is 277 g/mol. The van der Waals surface area contributed by atoms with Crippen LogP contribution in [0.5, 0.6) is 5.75 Å². The Hall–Kier alpha value is -2.24. The standard InChI is InChI=1S/C14H23N5O/c1-18(2)13(15)17-14(16)19(3)10-9-11-5-7-12(20-4)8-6-11/h5-8H,9-10H2,1-4H3,(H3,15,16,17). The zero-order valence-electron chi connectivity index (χ0n) is 12.5. The molecule has 0 bridgehead atoms. The van der Waals surface area contributed by atoms with Crippen LogP contribution in [-0.2, 0) is 6.42 Å². The Morgan fingerprint density at radius 2 is 1.70 bits per heavy atom. The molecule has 0 aromatic heterocycles. The zero-order valence-corrected chi connectivity index (χ0v) is 12.5. The van der Waals surface area contributed by atoms with Crippen LogP contribution >= 0.6 is 0 Å². The molecule has 3 N–H and O–H groups in total. The molecule has 6 nitrogen and oxygen atoms in total. The van der Waals surface area contributed by atoms with Gasteiger partial charge in [-0.2, -0.15) is 0 Å².